The van der Waals surface area contributed by atoms with Crippen molar-refractivity contribution in [1.82, 2.24) is 20.5 Å². The molecule has 7 heteroatoms. The summed E-state index contributed by atoms with van der Waals surface area (Å²) in [5, 5.41) is 18.2. The number of aliphatic hydroxyl groups excluding tert-OH is 1. The summed E-state index contributed by atoms with van der Waals surface area (Å²) in [4.78, 5) is 12.5. The molecule has 2 aromatic rings. The fraction of sp³-hybridized carbons (Fsp3) is 0.524. The van der Waals surface area contributed by atoms with Crippen molar-refractivity contribution in [3.63, 3.8) is 0 Å². The van der Waals surface area contributed by atoms with Gasteiger partial charge in [0.2, 0.25) is 0 Å². The highest BCUT2D eigenvalue weighted by Crippen LogP contribution is 2.18. The molecule has 0 spiro atoms. The summed E-state index contributed by atoms with van der Waals surface area (Å²) in [6.07, 6.45) is 3.36. The van der Waals surface area contributed by atoms with Crippen molar-refractivity contribution in [2.45, 2.75) is 39.3 Å². The standard InChI is InChI=1S/C21H31N5OS/c1-3-22-21(23-10-8-20-24-12-16(2)28-20)25-13-19(27)15-26-11-9-17-6-4-5-7-18(17)14-26/h4-7,12,19,27H,3,8-11,13-15H2,1-2H3,(H2,22,23,25). The number of aliphatic imine (C=N–C) groups is 1. The third-order valence-electron chi connectivity index (χ3n) is 4.78. The van der Waals surface area contributed by atoms with Gasteiger partial charge in [0, 0.05) is 50.2 Å². The predicted molar refractivity (Wildman–Crippen MR) is 116 cm³/mol. The first-order valence-electron chi connectivity index (χ1n) is 10.0. The van der Waals surface area contributed by atoms with Crippen molar-refractivity contribution < 1.29 is 5.11 Å². The SMILES string of the molecule is CCNC(=NCC(O)CN1CCc2ccccc2C1)NCCc1ncc(C)s1. The van der Waals surface area contributed by atoms with Crippen LogP contribution < -0.4 is 10.6 Å². The number of rotatable bonds is 8. The van der Waals surface area contributed by atoms with Crippen LogP contribution in [0.1, 0.15) is 27.9 Å². The molecule has 0 bridgehead atoms. The molecular weight excluding hydrogens is 370 g/mol. The van der Waals surface area contributed by atoms with Crippen LogP contribution in [0.3, 0.4) is 0 Å². The van der Waals surface area contributed by atoms with E-state index in [9.17, 15) is 5.11 Å². The summed E-state index contributed by atoms with van der Waals surface area (Å²) < 4.78 is 0. The molecule has 1 aliphatic heterocycles. The molecule has 0 saturated heterocycles. The number of β-amino-alcohol motifs (C(OH)–C–C–N with tert-alkyl or cyclic N) is 1. The summed E-state index contributed by atoms with van der Waals surface area (Å²) >= 11 is 1.73. The molecule has 1 aromatic heterocycles. The molecule has 3 N–H and O–H groups in total. The van der Waals surface area contributed by atoms with Gasteiger partial charge in [-0.1, -0.05) is 24.3 Å². The molecule has 2 heterocycles. The zero-order chi connectivity index (χ0) is 19.8. The van der Waals surface area contributed by atoms with Gasteiger partial charge in [-0.3, -0.25) is 9.89 Å². The number of guanidine groups is 1. The molecule has 0 fully saturated rings. The summed E-state index contributed by atoms with van der Waals surface area (Å²) in [5.74, 6) is 0.749. The van der Waals surface area contributed by atoms with Crippen LogP contribution in [0.15, 0.2) is 35.5 Å². The molecule has 0 saturated carbocycles. The number of hydrogen-bond donors (Lipinski definition) is 3. The van der Waals surface area contributed by atoms with Gasteiger partial charge in [-0.2, -0.15) is 0 Å². The van der Waals surface area contributed by atoms with Crippen molar-refractivity contribution in [2.75, 3.05) is 32.7 Å². The minimum atomic E-state index is -0.470. The Bertz CT molecular complexity index is 776. The van der Waals surface area contributed by atoms with Crippen molar-refractivity contribution >= 4 is 17.3 Å². The average molecular weight is 402 g/mol. The second-order valence-corrected chi connectivity index (χ2v) is 8.49. The fourth-order valence-electron chi connectivity index (χ4n) is 3.41. The summed E-state index contributed by atoms with van der Waals surface area (Å²) in [5.41, 5.74) is 2.80. The van der Waals surface area contributed by atoms with Crippen LogP contribution in [0, 0.1) is 6.92 Å². The van der Waals surface area contributed by atoms with E-state index in [1.54, 1.807) is 11.3 Å². The van der Waals surface area contributed by atoms with E-state index < -0.39 is 6.10 Å². The minimum absolute atomic E-state index is 0.393. The van der Waals surface area contributed by atoms with Crippen LogP contribution in [0.2, 0.25) is 0 Å². The Hall–Kier alpha value is -1.96. The third-order valence-corrected chi connectivity index (χ3v) is 5.76. The number of fused-ring (bicyclic) bond motifs is 1. The Balaban J connectivity index is 1.44. The Morgan fingerprint density at radius 2 is 2.14 bits per heavy atom. The quantitative estimate of drug-likeness (QED) is 0.466. The zero-order valence-electron chi connectivity index (χ0n) is 16.8. The van der Waals surface area contributed by atoms with Gasteiger partial charge in [0.05, 0.1) is 17.7 Å². The number of thiazole rings is 1. The normalized spacial score (nSPS) is 15.9. The first-order valence-corrected chi connectivity index (χ1v) is 10.9. The van der Waals surface area contributed by atoms with Gasteiger partial charge < -0.3 is 15.7 Å². The second-order valence-electron chi connectivity index (χ2n) is 7.17. The van der Waals surface area contributed by atoms with E-state index in [2.05, 4.69) is 56.7 Å². The number of nitrogens with zero attached hydrogens (tertiary/aromatic N) is 3. The van der Waals surface area contributed by atoms with Crippen molar-refractivity contribution in [2.24, 2.45) is 4.99 Å². The molecular formula is C21H31N5OS. The number of aryl methyl sites for hydroxylation is 1. The lowest BCUT2D eigenvalue weighted by molar-refractivity contribution is 0.111. The van der Waals surface area contributed by atoms with Crippen LogP contribution in [-0.2, 0) is 19.4 Å². The molecule has 1 unspecified atom stereocenters. The van der Waals surface area contributed by atoms with E-state index in [-0.39, 0.29) is 0 Å². The van der Waals surface area contributed by atoms with E-state index in [1.165, 1.54) is 16.0 Å². The average Bonchev–Trinajstić information content (AvgIpc) is 3.11. The Kier molecular flexibility index (Phi) is 7.82. The van der Waals surface area contributed by atoms with E-state index in [0.717, 1.165) is 50.0 Å². The molecule has 6 nitrogen and oxygen atoms in total. The van der Waals surface area contributed by atoms with E-state index in [0.29, 0.717) is 13.1 Å². The van der Waals surface area contributed by atoms with Crippen molar-refractivity contribution in [1.29, 1.82) is 0 Å². The first-order chi connectivity index (χ1) is 13.6. The van der Waals surface area contributed by atoms with Gasteiger partial charge in [0.1, 0.15) is 0 Å². The van der Waals surface area contributed by atoms with Gasteiger partial charge in [0.15, 0.2) is 5.96 Å². The summed E-state index contributed by atoms with van der Waals surface area (Å²) in [6, 6.07) is 8.57. The smallest absolute Gasteiger partial charge is 0.191 e. The van der Waals surface area contributed by atoms with E-state index >= 15 is 0 Å². The maximum absolute atomic E-state index is 10.5. The van der Waals surface area contributed by atoms with E-state index in [4.69, 9.17) is 0 Å². The molecule has 152 valence electrons. The molecule has 28 heavy (non-hydrogen) atoms. The number of nitrogens with one attached hydrogen (secondary N) is 2. The molecule has 1 aliphatic rings. The number of benzene rings is 1. The molecule has 0 amide bonds. The Morgan fingerprint density at radius 3 is 2.89 bits per heavy atom. The highest BCUT2D eigenvalue weighted by molar-refractivity contribution is 7.11. The third kappa shape index (κ3) is 6.29. The zero-order valence-corrected chi connectivity index (χ0v) is 17.6. The fourth-order valence-corrected chi connectivity index (χ4v) is 4.20. The molecule has 3 rings (SSSR count). The number of hydrogen-bond acceptors (Lipinski definition) is 5. The summed E-state index contributed by atoms with van der Waals surface area (Å²) in [7, 11) is 0. The van der Waals surface area contributed by atoms with Gasteiger partial charge in [-0.05, 0) is 31.4 Å². The van der Waals surface area contributed by atoms with Gasteiger partial charge in [0.25, 0.3) is 0 Å². The van der Waals surface area contributed by atoms with Crippen LogP contribution >= 0.6 is 11.3 Å². The minimum Gasteiger partial charge on any atom is -0.390 e. The Morgan fingerprint density at radius 1 is 1.32 bits per heavy atom. The molecule has 1 aromatic carbocycles. The van der Waals surface area contributed by atoms with Crippen LogP contribution in [0.5, 0.6) is 0 Å². The van der Waals surface area contributed by atoms with Crippen LogP contribution in [0.25, 0.3) is 0 Å². The monoisotopic (exact) mass is 401 g/mol. The van der Waals surface area contributed by atoms with E-state index in [1.807, 2.05) is 13.1 Å². The van der Waals surface area contributed by atoms with Crippen molar-refractivity contribution in [3.05, 3.63) is 51.5 Å². The summed E-state index contributed by atoms with van der Waals surface area (Å²) in [6.45, 7) is 8.62. The molecule has 1 atom stereocenters. The van der Waals surface area contributed by atoms with Gasteiger partial charge in [-0.15, -0.1) is 11.3 Å². The topological polar surface area (TPSA) is 72.8 Å². The molecule has 0 aliphatic carbocycles. The lowest BCUT2D eigenvalue weighted by atomic mass is 10.00. The number of aromatic nitrogens is 1. The maximum Gasteiger partial charge on any atom is 0.191 e. The van der Waals surface area contributed by atoms with Crippen LogP contribution in [0.4, 0.5) is 0 Å². The lowest BCUT2D eigenvalue weighted by Crippen LogP contribution is -2.40. The van der Waals surface area contributed by atoms with Crippen LogP contribution in [-0.4, -0.2) is 59.8 Å². The number of aliphatic hydroxyl groups is 1. The Labute approximate surface area is 171 Å². The first kappa shape index (κ1) is 20.8. The predicted octanol–water partition coefficient (Wildman–Crippen LogP) is 1.97. The van der Waals surface area contributed by atoms with Gasteiger partial charge >= 0.3 is 0 Å². The van der Waals surface area contributed by atoms with Gasteiger partial charge in [-0.25, -0.2) is 4.98 Å². The largest absolute Gasteiger partial charge is 0.390 e. The highest BCUT2D eigenvalue weighted by Gasteiger charge is 2.18. The molecule has 0 radical (unpaired) electrons. The second kappa shape index (κ2) is 10.5. The van der Waals surface area contributed by atoms with Crippen molar-refractivity contribution in [3.8, 4) is 0 Å². The maximum atomic E-state index is 10.5. The lowest BCUT2D eigenvalue weighted by Gasteiger charge is -2.30. The highest BCUT2D eigenvalue weighted by atomic mass is 32.1.